The van der Waals surface area contributed by atoms with Crippen molar-refractivity contribution in [2.45, 2.75) is 0 Å². The van der Waals surface area contributed by atoms with Gasteiger partial charge in [-0.3, -0.25) is 0 Å². The van der Waals surface area contributed by atoms with E-state index < -0.39 is 0 Å². The summed E-state index contributed by atoms with van der Waals surface area (Å²) < 4.78 is 7.13. The summed E-state index contributed by atoms with van der Waals surface area (Å²) in [6.07, 6.45) is 0. The lowest BCUT2D eigenvalue weighted by Gasteiger charge is -2.11. The number of hydrogen-bond donors (Lipinski definition) is 0. The van der Waals surface area contributed by atoms with Gasteiger partial charge >= 0.3 is 0 Å². The van der Waals surface area contributed by atoms with Crippen molar-refractivity contribution in [1.82, 2.24) is 19.1 Å². The molecule has 0 N–H and O–H groups in total. The standard InChI is InChI=1S/C46H28N4S/c1-3-13-30(14-4-1)46-47-43(45-44(48-46)35-19-9-12-22-40(35)51-45)29-23-25-32(26-24-29)50-37-21-11-8-18-34(37)42-39(50)28-27-38-41(42)33-17-7-10-20-36(33)49(38)31-15-5-2-6-16-31/h1-28H. The third-order valence-corrected chi connectivity index (χ3v) is 11.3. The smallest absolute Gasteiger partial charge is 0.160 e. The lowest BCUT2D eigenvalue weighted by atomic mass is 10.1. The number of aromatic nitrogens is 4. The van der Waals surface area contributed by atoms with Crippen LogP contribution in [-0.2, 0) is 0 Å². The van der Waals surface area contributed by atoms with E-state index in [-0.39, 0.29) is 0 Å². The molecule has 11 aromatic rings. The molecule has 4 heterocycles. The molecule has 0 fully saturated rings. The average Bonchev–Trinajstić information content (AvgIpc) is 3.86. The predicted octanol–water partition coefficient (Wildman–Crippen LogP) is 12.4. The van der Waals surface area contributed by atoms with Crippen LogP contribution >= 0.6 is 11.3 Å². The Morgan fingerprint density at radius 2 is 0.922 bits per heavy atom. The number of benzene rings is 7. The van der Waals surface area contributed by atoms with Gasteiger partial charge < -0.3 is 9.13 Å². The zero-order valence-electron chi connectivity index (χ0n) is 27.4. The summed E-state index contributed by atoms with van der Waals surface area (Å²) in [5.74, 6) is 0.742. The summed E-state index contributed by atoms with van der Waals surface area (Å²) in [6.45, 7) is 0. The maximum absolute atomic E-state index is 5.21. The highest BCUT2D eigenvalue weighted by Crippen LogP contribution is 2.43. The molecule has 4 aromatic heterocycles. The maximum Gasteiger partial charge on any atom is 0.160 e. The maximum atomic E-state index is 5.21. The molecule has 5 heteroatoms. The molecule has 0 spiro atoms. The van der Waals surface area contributed by atoms with Gasteiger partial charge in [0.15, 0.2) is 5.82 Å². The van der Waals surface area contributed by atoms with Crippen molar-refractivity contribution in [3.63, 3.8) is 0 Å². The summed E-state index contributed by atoms with van der Waals surface area (Å²) in [5.41, 5.74) is 11.1. The Morgan fingerprint density at radius 1 is 0.392 bits per heavy atom. The molecule has 0 amide bonds. The van der Waals surface area contributed by atoms with Crippen LogP contribution < -0.4 is 0 Å². The molecule has 0 aliphatic rings. The van der Waals surface area contributed by atoms with Crippen LogP contribution in [0.3, 0.4) is 0 Å². The Balaban J connectivity index is 1.14. The van der Waals surface area contributed by atoms with Crippen molar-refractivity contribution in [2.24, 2.45) is 0 Å². The van der Waals surface area contributed by atoms with Gasteiger partial charge in [0.25, 0.3) is 0 Å². The lowest BCUT2D eigenvalue weighted by molar-refractivity contribution is 1.17. The first-order chi connectivity index (χ1) is 25.3. The first-order valence-electron chi connectivity index (χ1n) is 17.2. The molecule has 0 aliphatic heterocycles. The fourth-order valence-electron chi connectivity index (χ4n) is 7.92. The minimum absolute atomic E-state index is 0.742. The van der Waals surface area contributed by atoms with Crippen molar-refractivity contribution in [3.05, 3.63) is 170 Å². The molecule has 0 aliphatic carbocycles. The second kappa shape index (κ2) is 11.0. The van der Waals surface area contributed by atoms with Crippen molar-refractivity contribution in [1.29, 1.82) is 0 Å². The second-order valence-corrected chi connectivity index (χ2v) is 14.0. The van der Waals surface area contributed by atoms with Gasteiger partial charge in [0, 0.05) is 54.1 Å². The van der Waals surface area contributed by atoms with Gasteiger partial charge in [0.2, 0.25) is 0 Å². The molecule has 51 heavy (non-hydrogen) atoms. The number of nitrogens with zero attached hydrogens (tertiary/aromatic N) is 4. The molecule has 0 radical (unpaired) electrons. The minimum atomic E-state index is 0.742. The van der Waals surface area contributed by atoms with E-state index in [4.69, 9.17) is 9.97 Å². The van der Waals surface area contributed by atoms with Crippen molar-refractivity contribution < 1.29 is 0 Å². The summed E-state index contributed by atoms with van der Waals surface area (Å²) in [6, 6.07) is 60.6. The number of fused-ring (bicyclic) bond motifs is 10. The highest BCUT2D eigenvalue weighted by Gasteiger charge is 2.21. The number of thiophene rings is 1. The first kappa shape index (κ1) is 28.3. The molecule has 0 bridgehead atoms. The monoisotopic (exact) mass is 668 g/mol. The zero-order chi connectivity index (χ0) is 33.5. The summed E-state index contributed by atoms with van der Waals surface area (Å²) in [5, 5.41) is 6.22. The van der Waals surface area contributed by atoms with Gasteiger partial charge in [0.05, 0.1) is 38.0 Å². The van der Waals surface area contributed by atoms with Crippen LogP contribution in [0.5, 0.6) is 0 Å². The van der Waals surface area contributed by atoms with Gasteiger partial charge in [-0.2, -0.15) is 0 Å². The van der Waals surface area contributed by atoms with Crippen LogP contribution in [0.15, 0.2) is 170 Å². The van der Waals surface area contributed by atoms with Gasteiger partial charge in [0.1, 0.15) is 0 Å². The van der Waals surface area contributed by atoms with Crippen molar-refractivity contribution in [3.8, 4) is 34.0 Å². The van der Waals surface area contributed by atoms with E-state index in [1.54, 1.807) is 11.3 Å². The number of rotatable bonds is 4. The highest BCUT2D eigenvalue weighted by atomic mass is 32.1. The molecule has 7 aromatic carbocycles. The Bertz CT molecular complexity index is 3120. The Morgan fingerprint density at radius 3 is 1.57 bits per heavy atom. The number of hydrogen-bond acceptors (Lipinski definition) is 3. The predicted molar refractivity (Wildman–Crippen MR) is 214 cm³/mol. The first-order valence-corrected chi connectivity index (χ1v) is 18.0. The van der Waals surface area contributed by atoms with Crippen LogP contribution in [0.25, 0.3) is 97.9 Å². The SMILES string of the molecule is c1ccc(-c2nc(-c3ccc(-n4c5ccccc5c5c6c7ccccc7n(-c7ccccc7)c6ccc54)cc3)c3sc4ccccc4c3n2)cc1. The third-order valence-electron chi connectivity index (χ3n) is 10.1. The zero-order valence-corrected chi connectivity index (χ0v) is 28.2. The molecule has 0 unspecified atom stereocenters. The Kier molecular flexibility index (Phi) is 6.09. The quantitative estimate of drug-likeness (QED) is 0.187. The van der Waals surface area contributed by atoms with E-state index in [2.05, 4.69) is 161 Å². The van der Waals surface area contributed by atoms with E-state index in [9.17, 15) is 0 Å². The fourth-order valence-corrected chi connectivity index (χ4v) is 9.08. The van der Waals surface area contributed by atoms with E-state index in [1.165, 1.54) is 53.7 Å². The van der Waals surface area contributed by atoms with Gasteiger partial charge in [-0.15, -0.1) is 11.3 Å². The largest absolute Gasteiger partial charge is 0.309 e. The minimum Gasteiger partial charge on any atom is -0.309 e. The average molecular weight is 669 g/mol. The van der Waals surface area contributed by atoms with Crippen LogP contribution in [0.4, 0.5) is 0 Å². The Labute approximate surface area is 297 Å². The molecule has 4 nitrogen and oxygen atoms in total. The van der Waals surface area contributed by atoms with Crippen molar-refractivity contribution >= 4 is 75.3 Å². The van der Waals surface area contributed by atoms with Crippen LogP contribution in [0.1, 0.15) is 0 Å². The van der Waals surface area contributed by atoms with E-state index >= 15 is 0 Å². The summed E-state index contributed by atoms with van der Waals surface area (Å²) >= 11 is 1.76. The second-order valence-electron chi connectivity index (χ2n) is 13.0. The molecule has 0 saturated heterocycles. The number of para-hydroxylation sites is 3. The fraction of sp³-hybridized carbons (Fsp3) is 0. The third kappa shape index (κ3) is 4.19. The van der Waals surface area contributed by atoms with E-state index in [0.29, 0.717) is 0 Å². The highest BCUT2D eigenvalue weighted by molar-refractivity contribution is 7.26. The van der Waals surface area contributed by atoms with Crippen LogP contribution in [-0.4, -0.2) is 19.1 Å². The molecular formula is C46H28N4S. The molecule has 238 valence electrons. The van der Waals surface area contributed by atoms with Gasteiger partial charge in [-0.05, 0) is 54.6 Å². The van der Waals surface area contributed by atoms with E-state index in [0.717, 1.165) is 44.2 Å². The summed E-state index contributed by atoms with van der Waals surface area (Å²) in [7, 11) is 0. The van der Waals surface area contributed by atoms with Crippen molar-refractivity contribution in [2.75, 3.05) is 0 Å². The van der Waals surface area contributed by atoms with Gasteiger partial charge in [-0.1, -0.05) is 115 Å². The molecular weight excluding hydrogens is 641 g/mol. The summed E-state index contributed by atoms with van der Waals surface area (Å²) in [4.78, 5) is 10.3. The normalized spacial score (nSPS) is 11.9. The van der Waals surface area contributed by atoms with E-state index in [1.807, 2.05) is 18.2 Å². The molecule has 0 saturated carbocycles. The van der Waals surface area contributed by atoms with Crippen LogP contribution in [0, 0.1) is 0 Å². The topological polar surface area (TPSA) is 35.6 Å². The molecule has 0 atom stereocenters. The van der Waals surface area contributed by atoms with Crippen LogP contribution in [0.2, 0.25) is 0 Å². The Hall–Kier alpha value is -6.56. The van der Waals surface area contributed by atoms with Gasteiger partial charge in [-0.25, -0.2) is 9.97 Å². The molecule has 11 rings (SSSR count). The lowest BCUT2D eigenvalue weighted by Crippen LogP contribution is -1.96.